The molecule has 6 nitrogen and oxygen atoms in total. The van der Waals surface area contributed by atoms with E-state index >= 15 is 0 Å². The third kappa shape index (κ3) is 6.72. The normalized spacial score (nSPS) is 11.1. The van der Waals surface area contributed by atoms with Crippen molar-refractivity contribution in [3.05, 3.63) is 64.4 Å². The Morgan fingerprint density at radius 2 is 1.71 bits per heavy atom. The summed E-state index contributed by atoms with van der Waals surface area (Å²) in [5.41, 5.74) is 0.145. The second-order valence-corrected chi connectivity index (χ2v) is 8.93. The van der Waals surface area contributed by atoms with Crippen LogP contribution in [0.1, 0.15) is 23.2 Å². The lowest BCUT2D eigenvalue weighted by atomic mass is 10.2. The Labute approximate surface area is 171 Å². The average molecular weight is 471 g/mol. The van der Waals surface area contributed by atoms with E-state index in [0.717, 1.165) is 6.07 Å². The minimum atomic E-state index is -3.37. The Morgan fingerprint density at radius 3 is 2.43 bits per heavy atom. The van der Waals surface area contributed by atoms with Crippen molar-refractivity contribution in [3.63, 3.8) is 0 Å². The van der Waals surface area contributed by atoms with Gasteiger partial charge >= 0.3 is 0 Å². The first-order valence-electron chi connectivity index (χ1n) is 8.57. The van der Waals surface area contributed by atoms with E-state index in [2.05, 4.69) is 26.6 Å². The van der Waals surface area contributed by atoms with E-state index in [4.69, 9.17) is 0 Å². The number of rotatable bonds is 9. The first-order valence-corrected chi connectivity index (χ1v) is 11.0. The van der Waals surface area contributed by atoms with E-state index in [-0.39, 0.29) is 48.1 Å². The molecule has 2 aromatic rings. The van der Waals surface area contributed by atoms with Crippen molar-refractivity contribution in [1.29, 1.82) is 0 Å². The van der Waals surface area contributed by atoms with Crippen molar-refractivity contribution >= 4 is 37.6 Å². The highest BCUT2D eigenvalue weighted by Gasteiger charge is 2.14. The quantitative estimate of drug-likeness (QED) is 0.551. The van der Waals surface area contributed by atoms with Crippen LogP contribution in [-0.2, 0) is 14.6 Å². The highest BCUT2D eigenvalue weighted by atomic mass is 79.9. The van der Waals surface area contributed by atoms with Gasteiger partial charge in [0.2, 0.25) is 5.91 Å². The summed E-state index contributed by atoms with van der Waals surface area (Å²) in [5, 5.41) is 5.16. The van der Waals surface area contributed by atoms with Crippen LogP contribution in [0.2, 0.25) is 0 Å². The van der Waals surface area contributed by atoms with Crippen LogP contribution in [0.5, 0.6) is 0 Å². The van der Waals surface area contributed by atoms with Crippen molar-refractivity contribution in [2.45, 2.75) is 17.7 Å². The lowest BCUT2D eigenvalue weighted by molar-refractivity contribution is -0.120. The first-order chi connectivity index (χ1) is 13.3. The molecule has 0 radical (unpaired) electrons. The molecule has 0 aromatic heterocycles. The van der Waals surface area contributed by atoms with Crippen LogP contribution in [0, 0.1) is 5.82 Å². The molecule has 0 bridgehead atoms. The molecule has 150 valence electrons. The number of halogens is 2. The number of nitrogens with one attached hydrogen (secondary N) is 2. The monoisotopic (exact) mass is 470 g/mol. The van der Waals surface area contributed by atoms with E-state index in [0.29, 0.717) is 4.47 Å². The van der Waals surface area contributed by atoms with Gasteiger partial charge in [-0.3, -0.25) is 9.59 Å². The molecule has 0 atom stereocenters. The zero-order chi connectivity index (χ0) is 20.6. The number of hydrogen-bond acceptors (Lipinski definition) is 4. The fraction of sp³-hybridized carbons (Fsp3) is 0.263. The molecule has 2 amide bonds. The molecule has 2 aromatic carbocycles. The molecule has 9 heteroatoms. The Bertz CT molecular complexity index is 936. The maximum absolute atomic E-state index is 13.2. The molecular weight excluding hydrogens is 451 g/mol. The fourth-order valence-corrected chi connectivity index (χ4v) is 4.14. The van der Waals surface area contributed by atoms with E-state index in [1.165, 1.54) is 24.3 Å². The number of benzene rings is 2. The predicted molar refractivity (Wildman–Crippen MR) is 107 cm³/mol. The summed E-state index contributed by atoms with van der Waals surface area (Å²) in [6.07, 6.45) is 0.315. The standard InChI is InChI=1S/C19H20BrFN2O4S/c20-17-8-7-14(21)13-16(17)19(25)23-11-9-18(24)22-10-4-12-28(26,27)15-5-2-1-3-6-15/h1-3,5-8,13H,4,9-12H2,(H,22,24)(H,23,25). The molecule has 0 aliphatic heterocycles. The molecular formula is C19H20BrFN2O4S. The zero-order valence-electron chi connectivity index (χ0n) is 15.0. The van der Waals surface area contributed by atoms with Gasteiger partial charge in [-0.2, -0.15) is 0 Å². The second kappa shape index (κ2) is 10.3. The van der Waals surface area contributed by atoms with Gasteiger partial charge in [-0.1, -0.05) is 18.2 Å². The molecule has 0 saturated heterocycles. The van der Waals surface area contributed by atoms with Gasteiger partial charge in [0.25, 0.3) is 5.91 Å². The van der Waals surface area contributed by atoms with Crippen molar-refractivity contribution in [3.8, 4) is 0 Å². The Morgan fingerprint density at radius 1 is 1.00 bits per heavy atom. The minimum absolute atomic E-state index is 0.0319. The van der Waals surface area contributed by atoms with Crippen LogP contribution < -0.4 is 10.6 Å². The lowest BCUT2D eigenvalue weighted by Gasteiger charge is -2.08. The molecule has 0 spiro atoms. The maximum atomic E-state index is 13.2. The van der Waals surface area contributed by atoms with Gasteiger partial charge < -0.3 is 10.6 Å². The van der Waals surface area contributed by atoms with Gasteiger partial charge in [-0.05, 0) is 52.7 Å². The highest BCUT2D eigenvalue weighted by molar-refractivity contribution is 9.10. The number of carbonyl (C=O) groups excluding carboxylic acids is 2. The van der Waals surface area contributed by atoms with E-state index in [1.54, 1.807) is 18.2 Å². The topological polar surface area (TPSA) is 92.3 Å². The third-order valence-electron chi connectivity index (χ3n) is 3.82. The number of carbonyl (C=O) groups is 2. The summed E-state index contributed by atoms with van der Waals surface area (Å²) in [7, 11) is -3.37. The molecule has 28 heavy (non-hydrogen) atoms. The van der Waals surface area contributed by atoms with Crippen LogP contribution >= 0.6 is 15.9 Å². The van der Waals surface area contributed by atoms with E-state index in [1.807, 2.05) is 0 Å². The Hall–Kier alpha value is -2.26. The largest absolute Gasteiger partial charge is 0.356 e. The molecule has 2 rings (SSSR count). The zero-order valence-corrected chi connectivity index (χ0v) is 17.4. The molecule has 0 unspecified atom stereocenters. The smallest absolute Gasteiger partial charge is 0.252 e. The van der Waals surface area contributed by atoms with Crippen LogP contribution in [0.25, 0.3) is 0 Å². The molecule has 0 fully saturated rings. The number of amides is 2. The van der Waals surface area contributed by atoms with E-state index < -0.39 is 21.6 Å². The minimum Gasteiger partial charge on any atom is -0.356 e. The van der Waals surface area contributed by atoms with Crippen molar-refractivity contribution in [1.82, 2.24) is 10.6 Å². The van der Waals surface area contributed by atoms with Gasteiger partial charge in [-0.25, -0.2) is 12.8 Å². The molecule has 0 aliphatic rings. The van der Waals surface area contributed by atoms with Crippen molar-refractivity contribution in [2.75, 3.05) is 18.8 Å². The summed E-state index contributed by atoms with van der Waals surface area (Å²) in [6, 6.07) is 11.9. The maximum Gasteiger partial charge on any atom is 0.252 e. The summed E-state index contributed by atoms with van der Waals surface area (Å²) in [6.45, 7) is 0.296. The van der Waals surface area contributed by atoms with Gasteiger partial charge in [0.05, 0.1) is 16.2 Å². The molecule has 2 N–H and O–H groups in total. The lowest BCUT2D eigenvalue weighted by Crippen LogP contribution is -2.31. The summed E-state index contributed by atoms with van der Waals surface area (Å²) in [4.78, 5) is 24.1. The first kappa shape index (κ1) is 22.0. The highest BCUT2D eigenvalue weighted by Crippen LogP contribution is 2.17. The van der Waals surface area contributed by atoms with Crippen LogP contribution in [0.3, 0.4) is 0 Å². The SMILES string of the molecule is O=C(CCNC(=O)c1cc(F)ccc1Br)NCCCS(=O)(=O)c1ccccc1. The van der Waals surface area contributed by atoms with Gasteiger partial charge in [0.15, 0.2) is 9.84 Å². The fourth-order valence-electron chi connectivity index (χ4n) is 2.38. The number of sulfone groups is 1. The summed E-state index contributed by atoms with van der Waals surface area (Å²) >= 11 is 3.17. The van der Waals surface area contributed by atoms with Gasteiger partial charge in [0.1, 0.15) is 5.82 Å². The van der Waals surface area contributed by atoms with Crippen LogP contribution in [-0.4, -0.2) is 39.1 Å². The van der Waals surface area contributed by atoms with Gasteiger partial charge in [0, 0.05) is 24.0 Å². The van der Waals surface area contributed by atoms with Crippen LogP contribution in [0.4, 0.5) is 4.39 Å². The van der Waals surface area contributed by atoms with Crippen molar-refractivity contribution in [2.24, 2.45) is 0 Å². The summed E-state index contributed by atoms with van der Waals surface area (Å²) < 4.78 is 37.9. The average Bonchev–Trinajstić information content (AvgIpc) is 2.67. The second-order valence-electron chi connectivity index (χ2n) is 5.97. The molecule has 0 heterocycles. The van der Waals surface area contributed by atoms with Crippen molar-refractivity contribution < 1.29 is 22.4 Å². The van der Waals surface area contributed by atoms with Gasteiger partial charge in [-0.15, -0.1) is 0 Å². The third-order valence-corrected chi connectivity index (χ3v) is 6.33. The summed E-state index contributed by atoms with van der Waals surface area (Å²) in [5.74, 6) is -1.40. The van der Waals surface area contributed by atoms with Crippen LogP contribution in [0.15, 0.2) is 57.9 Å². The van der Waals surface area contributed by atoms with E-state index in [9.17, 15) is 22.4 Å². The predicted octanol–water partition coefficient (Wildman–Crippen LogP) is 2.69. The molecule has 0 aliphatic carbocycles. The Balaban J connectivity index is 1.68. The Kier molecular flexibility index (Phi) is 8.13. The number of hydrogen-bond donors (Lipinski definition) is 2. The molecule has 0 saturated carbocycles.